The normalized spacial score (nSPS) is 15.6. The third-order valence-electron chi connectivity index (χ3n) is 3.52. The first-order valence-corrected chi connectivity index (χ1v) is 6.95. The van der Waals surface area contributed by atoms with Gasteiger partial charge in [0.1, 0.15) is 0 Å². The highest BCUT2D eigenvalue weighted by atomic mass is 79.9. The number of isocyanates is 1. The van der Waals surface area contributed by atoms with Gasteiger partial charge in [0, 0.05) is 15.6 Å². The molecule has 0 spiro atoms. The summed E-state index contributed by atoms with van der Waals surface area (Å²) < 4.78 is 11.7. The summed E-state index contributed by atoms with van der Waals surface area (Å²) in [4.78, 5) is 14.7. The maximum absolute atomic E-state index is 10.7. The van der Waals surface area contributed by atoms with E-state index in [0.717, 1.165) is 40.6 Å². The Morgan fingerprint density at radius 1 is 1.42 bits per heavy atom. The van der Waals surface area contributed by atoms with Gasteiger partial charge in [-0.2, -0.15) is 4.99 Å². The summed E-state index contributed by atoms with van der Waals surface area (Å²) in [5.41, 5.74) is 1.63. The summed E-state index contributed by atoms with van der Waals surface area (Å²) in [5.74, 6) is 1.40. The molecule has 2 rings (SSSR count). The van der Waals surface area contributed by atoms with E-state index >= 15 is 0 Å². The number of rotatable bonds is 5. The number of methoxy groups -OCH3 is 2. The van der Waals surface area contributed by atoms with Crippen molar-refractivity contribution in [2.45, 2.75) is 31.7 Å². The molecule has 19 heavy (non-hydrogen) atoms. The summed E-state index contributed by atoms with van der Waals surface area (Å²) in [6.07, 6.45) is 4.21. The molecule has 4 nitrogen and oxygen atoms in total. The fourth-order valence-electron chi connectivity index (χ4n) is 2.50. The molecule has 0 aliphatic heterocycles. The van der Waals surface area contributed by atoms with Crippen LogP contribution in [0.2, 0.25) is 0 Å². The zero-order valence-electron chi connectivity index (χ0n) is 11.2. The molecule has 0 N–H and O–H groups in total. The Labute approximate surface area is 120 Å². The van der Waals surface area contributed by atoms with Crippen molar-refractivity contribution in [1.82, 2.24) is 0 Å². The number of carbonyl (C=O) groups excluding carboxylic acids is 1. The second-order valence-electron chi connectivity index (χ2n) is 4.54. The molecular weight excluding hydrogens is 310 g/mol. The third-order valence-corrected chi connectivity index (χ3v) is 4.15. The minimum atomic E-state index is -0.425. The summed E-state index contributed by atoms with van der Waals surface area (Å²) >= 11 is 3.56. The van der Waals surface area contributed by atoms with Crippen molar-refractivity contribution < 1.29 is 14.3 Å². The molecule has 1 aliphatic carbocycles. The van der Waals surface area contributed by atoms with Gasteiger partial charge in [0.15, 0.2) is 11.5 Å². The van der Waals surface area contributed by atoms with Crippen LogP contribution >= 0.6 is 15.9 Å². The van der Waals surface area contributed by atoms with Gasteiger partial charge in [-0.15, -0.1) is 0 Å². The smallest absolute Gasteiger partial charge is 0.235 e. The molecule has 1 aromatic rings. The van der Waals surface area contributed by atoms with E-state index < -0.39 is 5.54 Å². The first-order chi connectivity index (χ1) is 9.13. The predicted molar refractivity (Wildman–Crippen MR) is 75.7 cm³/mol. The Morgan fingerprint density at radius 2 is 2.11 bits per heavy atom. The second kappa shape index (κ2) is 5.35. The molecule has 0 amide bonds. The number of ether oxygens (including phenoxy) is 2. The monoisotopic (exact) mass is 325 g/mol. The molecule has 5 heteroatoms. The van der Waals surface area contributed by atoms with E-state index in [1.807, 2.05) is 13.0 Å². The number of hydrogen-bond acceptors (Lipinski definition) is 4. The highest BCUT2D eigenvalue weighted by molar-refractivity contribution is 9.10. The molecule has 102 valence electrons. The van der Waals surface area contributed by atoms with Crippen LogP contribution in [0.25, 0.3) is 0 Å². The first-order valence-electron chi connectivity index (χ1n) is 6.16. The molecule has 0 aromatic heterocycles. The molecule has 0 unspecified atom stereocenters. The molecule has 0 saturated heterocycles. The van der Waals surface area contributed by atoms with E-state index in [0.29, 0.717) is 5.75 Å². The Bertz CT molecular complexity index is 546. The molecule has 1 saturated carbocycles. The van der Waals surface area contributed by atoms with Gasteiger partial charge in [-0.3, -0.25) is 0 Å². The summed E-state index contributed by atoms with van der Waals surface area (Å²) in [5, 5.41) is 0. The number of halogens is 1. The molecule has 1 aromatic carbocycles. The van der Waals surface area contributed by atoms with E-state index in [-0.39, 0.29) is 0 Å². The van der Waals surface area contributed by atoms with Crippen LogP contribution in [0, 0.1) is 0 Å². The fourth-order valence-corrected chi connectivity index (χ4v) is 3.31. The lowest BCUT2D eigenvalue weighted by molar-refractivity contribution is 0.350. The highest BCUT2D eigenvalue weighted by Crippen LogP contribution is 2.55. The lowest BCUT2D eigenvalue weighted by Crippen LogP contribution is -2.10. The summed E-state index contributed by atoms with van der Waals surface area (Å²) in [6.45, 7) is 2.05. The van der Waals surface area contributed by atoms with Gasteiger partial charge in [0.2, 0.25) is 6.08 Å². The SMILES string of the molecule is CCc1c(OC)c(OC)cc(Br)c1C1(N=C=O)CC1. The fraction of sp³-hybridized carbons (Fsp3) is 0.500. The van der Waals surface area contributed by atoms with Crippen LogP contribution in [-0.4, -0.2) is 20.3 Å². The van der Waals surface area contributed by atoms with E-state index in [1.54, 1.807) is 20.3 Å². The van der Waals surface area contributed by atoms with Crippen LogP contribution in [-0.2, 0) is 16.8 Å². The lowest BCUT2D eigenvalue weighted by Gasteiger charge is -2.21. The Balaban J connectivity index is 2.70. The molecule has 0 bridgehead atoms. The van der Waals surface area contributed by atoms with E-state index in [4.69, 9.17) is 9.47 Å². The minimum absolute atomic E-state index is 0.425. The zero-order chi connectivity index (χ0) is 14.0. The maximum atomic E-state index is 10.7. The molecule has 1 fully saturated rings. The molecular formula is C14H16BrNO3. The third kappa shape index (κ3) is 2.28. The number of aliphatic imine (C=N–C) groups is 1. The average Bonchev–Trinajstić information content (AvgIpc) is 3.17. The van der Waals surface area contributed by atoms with Crippen molar-refractivity contribution in [3.05, 3.63) is 21.7 Å². The van der Waals surface area contributed by atoms with Crippen LogP contribution in [0.4, 0.5) is 0 Å². The van der Waals surface area contributed by atoms with Gasteiger partial charge in [-0.1, -0.05) is 22.9 Å². The molecule has 0 heterocycles. The molecule has 0 radical (unpaired) electrons. The summed E-state index contributed by atoms with van der Waals surface area (Å²) in [7, 11) is 3.23. The van der Waals surface area contributed by atoms with Crippen molar-refractivity contribution in [1.29, 1.82) is 0 Å². The van der Waals surface area contributed by atoms with Gasteiger partial charge in [-0.25, -0.2) is 4.79 Å². The van der Waals surface area contributed by atoms with Crippen molar-refractivity contribution in [2.24, 2.45) is 4.99 Å². The van der Waals surface area contributed by atoms with E-state index in [1.165, 1.54) is 0 Å². The van der Waals surface area contributed by atoms with E-state index in [2.05, 4.69) is 20.9 Å². The van der Waals surface area contributed by atoms with Crippen LogP contribution in [0.15, 0.2) is 15.5 Å². The Morgan fingerprint density at radius 3 is 2.53 bits per heavy atom. The van der Waals surface area contributed by atoms with Gasteiger partial charge >= 0.3 is 0 Å². The minimum Gasteiger partial charge on any atom is -0.493 e. The van der Waals surface area contributed by atoms with Crippen LogP contribution < -0.4 is 9.47 Å². The van der Waals surface area contributed by atoms with Crippen LogP contribution in [0.5, 0.6) is 11.5 Å². The standard InChI is InChI=1S/C14H16BrNO3/c1-4-9-12(14(5-6-14)16-8-17)10(15)7-11(18-2)13(9)19-3/h7H,4-6H2,1-3H3. The van der Waals surface area contributed by atoms with Crippen molar-refractivity contribution in [2.75, 3.05) is 14.2 Å². The van der Waals surface area contributed by atoms with Gasteiger partial charge in [0.05, 0.1) is 19.8 Å². The van der Waals surface area contributed by atoms with Crippen LogP contribution in [0.1, 0.15) is 30.9 Å². The largest absolute Gasteiger partial charge is 0.493 e. The zero-order valence-corrected chi connectivity index (χ0v) is 12.8. The first kappa shape index (κ1) is 14.1. The topological polar surface area (TPSA) is 47.9 Å². The Kier molecular flexibility index (Phi) is 3.97. The van der Waals surface area contributed by atoms with E-state index in [9.17, 15) is 4.79 Å². The molecule has 0 atom stereocenters. The van der Waals surface area contributed by atoms with Crippen molar-refractivity contribution >= 4 is 22.0 Å². The van der Waals surface area contributed by atoms with Gasteiger partial charge < -0.3 is 9.47 Å². The highest BCUT2D eigenvalue weighted by Gasteiger charge is 2.48. The van der Waals surface area contributed by atoms with Gasteiger partial charge in [0.25, 0.3) is 0 Å². The quantitative estimate of drug-likeness (QED) is 0.616. The number of hydrogen-bond donors (Lipinski definition) is 0. The summed E-state index contributed by atoms with van der Waals surface area (Å²) in [6, 6.07) is 1.87. The molecule has 1 aliphatic rings. The Hall–Kier alpha value is -1.32. The average molecular weight is 326 g/mol. The second-order valence-corrected chi connectivity index (χ2v) is 5.39. The predicted octanol–water partition coefficient (Wildman–Crippen LogP) is 3.35. The number of benzene rings is 1. The van der Waals surface area contributed by atoms with Crippen molar-refractivity contribution in [3.8, 4) is 11.5 Å². The van der Waals surface area contributed by atoms with Crippen LogP contribution in [0.3, 0.4) is 0 Å². The van der Waals surface area contributed by atoms with Crippen molar-refractivity contribution in [3.63, 3.8) is 0 Å². The maximum Gasteiger partial charge on any atom is 0.235 e. The lowest BCUT2D eigenvalue weighted by atomic mass is 9.95. The van der Waals surface area contributed by atoms with Gasteiger partial charge in [-0.05, 0) is 25.3 Å². The number of nitrogens with zero attached hydrogens (tertiary/aromatic N) is 1.